The lowest BCUT2D eigenvalue weighted by molar-refractivity contribution is 0.101. The van der Waals surface area contributed by atoms with E-state index in [4.69, 9.17) is 5.41 Å². The molecule has 1 aromatic heterocycles. The van der Waals surface area contributed by atoms with Crippen molar-refractivity contribution < 1.29 is 9.59 Å². The molecule has 0 spiro atoms. The number of pyridine rings is 1. The molecule has 6 heteroatoms. The van der Waals surface area contributed by atoms with E-state index < -0.39 is 0 Å². The van der Waals surface area contributed by atoms with Gasteiger partial charge in [-0.25, -0.2) is 0 Å². The van der Waals surface area contributed by atoms with E-state index in [0.29, 0.717) is 39.3 Å². The molecule has 0 atom stereocenters. The lowest BCUT2D eigenvalue weighted by Gasteiger charge is -2.12. The van der Waals surface area contributed by atoms with Gasteiger partial charge in [0, 0.05) is 46.0 Å². The fraction of sp³-hybridized carbons (Fsp3) is 0.189. The molecule has 3 N–H and O–H groups in total. The summed E-state index contributed by atoms with van der Waals surface area (Å²) in [7, 11) is 0. The number of nitrogens with one attached hydrogen (secondary N) is 3. The Labute approximate surface area is 257 Å². The minimum Gasteiger partial charge on any atom is -0.322 e. The van der Waals surface area contributed by atoms with E-state index in [1.165, 1.54) is 6.42 Å². The maximum absolute atomic E-state index is 12.9. The van der Waals surface area contributed by atoms with Crippen LogP contribution in [0.15, 0.2) is 117 Å². The smallest absolute Gasteiger partial charge is 0.255 e. The zero-order valence-electron chi connectivity index (χ0n) is 26.2. The third-order valence-electron chi connectivity index (χ3n) is 5.83. The molecule has 224 valence electrons. The van der Waals surface area contributed by atoms with Gasteiger partial charge in [-0.1, -0.05) is 68.8 Å². The van der Waals surface area contributed by atoms with Crippen LogP contribution in [0.1, 0.15) is 77.1 Å². The minimum atomic E-state index is -0.279. The molecular formula is C37H44N4O2. The Kier molecular flexibility index (Phi) is 16.6. The quantitative estimate of drug-likeness (QED) is 0.158. The van der Waals surface area contributed by atoms with Crippen molar-refractivity contribution in [2.75, 3.05) is 10.6 Å². The van der Waals surface area contributed by atoms with E-state index in [0.717, 1.165) is 11.1 Å². The summed E-state index contributed by atoms with van der Waals surface area (Å²) in [6, 6.07) is 23.4. The van der Waals surface area contributed by atoms with Crippen LogP contribution in [0.2, 0.25) is 0 Å². The van der Waals surface area contributed by atoms with Gasteiger partial charge in [-0.3, -0.25) is 20.0 Å². The van der Waals surface area contributed by atoms with Gasteiger partial charge in [-0.2, -0.15) is 0 Å². The van der Waals surface area contributed by atoms with Crippen LogP contribution in [-0.4, -0.2) is 22.5 Å². The van der Waals surface area contributed by atoms with Crippen molar-refractivity contribution >= 4 is 28.9 Å². The first-order chi connectivity index (χ1) is 20.7. The molecule has 0 saturated carbocycles. The minimum absolute atomic E-state index is 0.260. The number of allylic oxidation sites excluding steroid dienone is 2. The number of nitrogens with zero attached hydrogens (tertiary/aromatic N) is 1. The van der Waals surface area contributed by atoms with Gasteiger partial charge in [-0.15, -0.1) is 13.2 Å². The number of carbonyl (C=O) groups excluding carboxylic acids is 2. The topological polar surface area (TPSA) is 94.9 Å². The van der Waals surface area contributed by atoms with Crippen LogP contribution in [0, 0.1) is 19.3 Å². The van der Waals surface area contributed by atoms with Crippen molar-refractivity contribution in [3.05, 3.63) is 150 Å². The van der Waals surface area contributed by atoms with Crippen LogP contribution >= 0.6 is 0 Å². The molecule has 3 aromatic carbocycles. The predicted molar refractivity (Wildman–Crippen MR) is 183 cm³/mol. The highest BCUT2D eigenvalue weighted by molar-refractivity contribution is 6.13. The Morgan fingerprint density at radius 2 is 1.33 bits per heavy atom. The molecule has 0 aliphatic heterocycles. The van der Waals surface area contributed by atoms with Gasteiger partial charge in [-0.05, 0) is 81.3 Å². The van der Waals surface area contributed by atoms with E-state index >= 15 is 0 Å². The first-order valence-electron chi connectivity index (χ1n) is 14.2. The monoisotopic (exact) mass is 576 g/mol. The van der Waals surface area contributed by atoms with Gasteiger partial charge in [0.15, 0.2) is 0 Å². The van der Waals surface area contributed by atoms with Gasteiger partial charge in [0.2, 0.25) is 0 Å². The molecule has 0 aliphatic rings. The highest BCUT2D eigenvalue weighted by atomic mass is 16.2. The summed E-state index contributed by atoms with van der Waals surface area (Å²) in [6.07, 6.45) is 8.46. The van der Waals surface area contributed by atoms with Gasteiger partial charge in [0.1, 0.15) is 0 Å². The molecular weight excluding hydrogens is 532 g/mol. The molecule has 0 unspecified atom stereocenters. The fourth-order valence-electron chi connectivity index (χ4n) is 3.66. The molecule has 43 heavy (non-hydrogen) atoms. The molecule has 0 aliphatic carbocycles. The summed E-state index contributed by atoms with van der Waals surface area (Å²) in [4.78, 5) is 29.4. The Morgan fingerprint density at radius 3 is 1.91 bits per heavy atom. The van der Waals surface area contributed by atoms with Crippen LogP contribution in [-0.2, 0) is 0 Å². The van der Waals surface area contributed by atoms with Crippen LogP contribution in [0.5, 0.6) is 0 Å². The first kappa shape index (κ1) is 35.9. The Bertz CT molecular complexity index is 1490. The molecule has 0 saturated heterocycles. The van der Waals surface area contributed by atoms with Crippen molar-refractivity contribution in [2.24, 2.45) is 0 Å². The molecule has 2 amide bonds. The third-order valence-corrected chi connectivity index (χ3v) is 5.83. The number of anilines is 2. The van der Waals surface area contributed by atoms with Gasteiger partial charge in [0.05, 0.1) is 5.71 Å². The lowest BCUT2D eigenvalue weighted by Crippen LogP contribution is -2.16. The van der Waals surface area contributed by atoms with Crippen molar-refractivity contribution in [3.8, 4) is 0 Å². The second-order valence-corrected chi connectivity index (χ2v) is 9.32. The summed E-state index contributed by atoms with van der Waals surface area (Å²) >= 11 is 0. The maximum Gasteiger partial charge on any atom is 0.255 e. The highest BCUT2D eigenvalue weighted by Gasteiger charge is 2.14. The molecule has 0 bridgehead atoms. The first-order valence-corrected chi connectivity index (χ1v) is 14.2. The van der Waals surface area contributed by atoms with E-state index in [9.17, 15) is 9.59 Å². The zero-order valence-corrected chi connectivity index (χ0v) is 26.2. The van der Waals surface area contributed by atoms with Gasteiger partial charge in [0.25, 0.3) is 11.8 Å². The van der Waals surface area contributed by atoms with E-state index in [1.807, 2.05) is 69.3 Å². The average Bonchev–Trinajstić information content (AvgIpc) is 3.03. The van der Waals surface area contributed by atoms with Crippen molar-refractivity contribution in [1.82, 2.24) is 4.98 Å². The fourth-order valence-corrected chi connectivity index (χ4v) is 3.66. The summed E-state index contributed by atoms with van der Waals surface area (Å²) in [6.45, 7) is 18.0. The molecule has 4 rings (SSSR count). The Morgan fingerprint density at radius 1 is 0.721 bits per heavy atom. The largest absolute Gasteiger partial charge is 0.322 e. The molecule has 6 nitrogen and oxygen atoms in total. The molecule has 4 aromatic rings. The second kappa shape index (κ2) is 19.9. The van der Waals surface area contributed by atoms with Gasteiger partial charge >= 0.3 is 0 Å². The van der Waals surface area contributed by atoms with Crippen LogP contribution in [0.4, 0.5) is 11.4 Å². The van der Waals surface area contributed by atoms with E-state index in [1.54, 1.807) is 61.8 Å². The van der Waals surface area contributed by atoms with Crippen molar-refractivity contribution in [2.45, 2.75) is 48.0 Å². The summed E-state index contributed by atoms with van der Waals surface area (Å²) in [5.41, 5.74) is 5.84. The molecule has 0 fully saturated rings. The number of carbonyl (C=O) groups is 2. The van der Waals surface area contributed by atoms with Crippen LogP contribution in [0.3, 0.4) is 0 Å². The standard InChI is InChI=1S/C28H24N4O2.C4H8.C3H8.C2H4/c1-18-6-3-4-9-24(18)26(29)20-7-5-8-23(17-20)32-28(34)25-11-10-21(16-19(25)2)27(33)31-22-12-14-30-15-13-22;1-3-4-2;1-3-2;1-2/h3-17,29H,1-2H3,(H,32,34)(H,30,31,33);3-4H,1-2H3;3H2,1-2H3;1-2H2/b;4-3-;;. The van der Waals surface area contributed by atoms with Crippen molar-refractivity contribution in [3.63, 3.8) is 0 Å². The summed E-state index contributed by atoms with van der Waals surface area (Å²) in [5.74, 6) is -0.540. The number of amides is 2. The van der Waals surface area contributed by atoms with Crippen LogP contribution < -0.4 is 10.6 Å². The number of aromatic nitrogens is 1. The third kappa shape index (κ3) is 11.7. The molecule has 1 heterocycles. The Balaban J connectivity index is 0.000000916. The van der Waals surface area contributed by atoms with Crippen molar-refractivity contribution in [1.29, 1.82) is 5.41 Å². The number of rotatable bonds is 6. The second-order valence-electron chi connectivity index (χ2n) is 9.32. The lowest BCUT2D eigenvalue weighted by atomic mass is 9.98. The Hall–Kier alpha value is -5.10. The molecule has 0 radical (unpaired) electrons. The van der Waals surface area contributed by atoms with Crippen LogP contribution in [0.25, 0.3) is 0 Å². The predicted octanol–water partition coefficient (Wildman–Crippen LogP) is 9.42. The summed E-state index contributed by atoms with van der Waals surface area (Å²) < 4.78 is 0. The number of hydrogen-bond acceptors (Lipinski definition) is 4. The summed E-state index contributed by atoms with van der Waals surface area (Å²) in [5, 5.41) is 14.3. The normalized spacial score (nSPS) is 9.63. The van der Waals surface area contributed by atoms with Gasteiger partial charge < -0.3 is 10.6 Å². The van der Waals surface area contributed by atoms with E-state index in [2.05, 4.69) is 42.6 Å². The number of benzene rings is 3. The maximum atomic E-state index is 12.9. The van der Waals surface area contributed by atoms with E-state index in [-0.39, 0.29) is 11.8 Å². The number of hydrogen-bond donors (Lipinski definition) is 3. The SMILES string of the molecule is C/C=C\C.C=C.CCC.Cc1ccccc1C(=N)c1cccc(NC(=O)c2ccc(C(=O)Nc3ccncc3)cc2C)c1. The zero-order chi connectivity index (χ0) is 32.2. The average molecular weight is 577 g/mol. The number of aryl methyl sites for hydroxylation is 2. The highest BCUT2D eigenvalue weighted by Crippen LogP contribution is 2.19.